The van der Waals surface area contributed by atoms with Gasteiger partial charge in [-0.2, -0.15) is 0 Å². The molecule has 84 valence electrons. The first-order valence-electron chi connectivity index (χ1n) is 4.42. The molecule has 0 spiro atoms. The average Bonchev–Trinajstić information content (AvgIpc) is 2.27. The molecule has 0 saturated carbocycles. The van der Waals surface area contributed by atoms with Crippen molar-refractivity contribution in [3.63, 3.8) is 0 Å². The summed E-state index contributed by atoms with van der Waals surface area (Å²) >= 11 is 0. The molecule has 0 aliphatic heterocycles. The standard InChI is InChI=1S/C10H14FNO3/c1-14-8-4-3-6(7(12)5-13)9(11)10(8)15-2/h3-4,7,13H,5,12H2,1-2H3. The minimum absolute atomic E-state index is 0.00102. The monoisotopic (exact) mass is 215 g/mol. The third-order valence-corrected chi connectivity index (χ3v) is 2.11. The summed E-state index contributed by atoms with van der Waals surface area (Å²) < 4.78 is 23.5. The number of aliphatic hydroxyl groups excluding tert-OH is 1. The van der Waals surface area contributed by atoms with Crippen LogP contribution < -0.4 is 15.2 Å². The molecule has 0 heterocycles. The summed E-state index contributed by atoms with van der Waals surface area (Å²) in [4.78, 5) is 0. The third-order valence-electron chi connectivity index (χ3n) is 2.11. The van der Waals surface area contributed by atoms with Gasteiger partial charge in [0.05, 0.1) is 26.9 Å². The highest BCUT2D eigenvalue weighted by Crippen LogP contribution is 2.33. The molecular weight excluding hydrogens is 201 g/mol. The molecule has 0 fully saturated rings. The zero-order valence-corrected chi connectivity index (χ0v) is 8.66. The first-order valence-corrected chi connectivity index (χ1v) is 4.42. The van der Waals surface area contributed by atoms with Crippen molar-refractivity contribution in [2.75, 3.05) is 20.8 Å². The molecule has 4 nitrogen and oxygen atoms in total. The van der Waals surface area contributed by atoms with Gasteiger partial charge < -0.3 is 20.3 Å². The zero-order chi connectivity index (χ0) is 11.4. The van der Waals surface area contributed by atoms with Gasteiger partial charge in [-0.25, -0.2) is 4.39 Å². The van der Waals surface area contributed by atoms with Gasteiger partial charge in [0, 0.05) is 5.56 Å². The van der Waals surface area contributed by atoms with Crippen LogP contribution in [0.3, 0.4) is 0 Å². The number of rotatable bonds is 4. The van der Waals surface area contributed by atoms with E-state index in [1.807, 2.05) is 0 Å². The van der Waals surface area contributed by atoms with Crippen LogP contribution in [-0.2, 0) is 0 Å². The summed E-state index contributed by atoms with van der Waals surface area (Å²) in [5.41, 5.74) is 5.73. The number of ether oxygens (including phenoxy) is 2. The van der Waals surface area contributed by atoms with Gasteiger partial charge in [-0.15, -0.1) is 0 Å². The molecule has 5 heteroatoms. The van der Waals surface area contributed by atoms with Gasteiger partial charge in [0.15, 0.2) is 17.3 Å². The van der Waals surface area contributed by atoms with E-state index in [1.54, 1.807) is 6.07 Å². The van der Waals surface area contributed by atoms with Crippen LogP contribution in [0.25, 0.3) is 0 Å². The molecule has 0 aromatic heterocycles. The highest BCUT2D eigenvalue weighted by molar-refractivity contribution is 5.45. The highest BCUT2D eigenvalue weighted by atomic mass is 19.1. The van der Waals surface area contributed by atoms with E-state index in [4.69, 9.17) is 20.3 Å². The number of nitrogens with two attached hydrogens (primary N) is 1. The van der Waals surface area contributed by atoms with Crippen molar-refractivity contribution in [2.45, 2.75) is 6.04 Å². The van der Waals surface area contributed by atoms with Crippen LogP contribution in [0.15, 0.2) is 12.1 Å². The molecule has 1 unspecified atom stereocenters. The fourth-order valence-corrected chi connectivity index (χ4v) is 1.29. The molecule has 1 atom stereocenters. The number of hydrogen-bond acceptors (Lipinski definition) is 4. The SMILES string of the molecule is COc1ccc(C(N)CO)c(F)c1OC. The van der Waals surface area contributed by atoms with Crippen LogP contribution in [0, 0.1) is 5.82 Å². The molecule has 0 aliphatic rings. The Balaban J connectivity index is 3.22. The summed E-state index contributed by atoms with van der Waals surface area (Å²) in [6.07, 6.45) is 0. The summed E-state index contributed by atoms with van der Waals surface area (Å²) in [7, 11) is 2.76. The predicted molar refractivity (Wildman–Crippen MR) is 53.5 cm³/mol. The number of hydrogen-bond donors (Lipinski definition) is 2. The Bertz CT molecular complexity index is 344. The first kappa shape index (κ1) is 11.7. The van der Waals surface area contributed by atoms with Crippen molar-refractivity contribution in [1.29, 1.82) is 0 Å². The van der Waals surface area contributed by atoms with Crippen LogP contribution in [0.4, 0.5) is 4.39 Å². The fraction of sp³-hybridized carbons (Fsp3) is 0.400. The first-order chi connectivity index (χ1) is 7.15. The van der Waals surface area contributed by atoms with E-state index in [9.17, 15) is 4.39 Å². The number of benzene rings is 1. The summed E-state index contributed by atoms with van der Waals surface area (Å²) in [6, 6.07) is 2.26. The minimum atomic E-state index is -0.759. The third kappa shape index (κ3) is 2.19. The molecule has 0 radical (unpaired) electrons. The Morgan fingerprint density at radius 1 is 1.40 bits per heavy atom. The van der Waals surface area contributed by atoms with Crippen LogP contribution >= 0.6 is 0 Å². The molecule has 1 aromatic rings. The van der Waals surface area contributed by atoms with Crippen molar-refractivity contribution in [3.8, 4) is 11.5 Å². The molecule has 1 rings (SSSR count). The summed E-state index contributed by atoms with van der Waals surface area (Å²) in [5, 5.41) is 8.84. The van der Waals surface area contributed by atoms with Crippen LogP contribution in [-0.4, -0.2) is 25.9 Å². The second-order valence-corrected chi connectivity index (χ2v) is 2.99. The number of aliphatic hydroxyl groups is 1. The molecule has 0 saturated heterocycles. The van der Waals surface area contributed by atoms with Gasteiger partial charge in [0.2, 0.25) is 0 Å². The lowest BCUT2D eigenvalue weighted by atomic mass is 10.1. The van der Waals surface area contributed by atoms with Gasteiger partial charge in [0.25, 0.3) is 0 Å². The van der Waals surface area contributed by atoms with Gasteiger partial charge in [0.1, 0.15) is 0 Å². The quantitative estimate of drug-likeness (QED) is 0.781. The van der Waals surface area contributed by atoms with Crippen molar-refractivity contribution >= 4 is 0 Å². The van der Waals surface area contributed by atoms with Crippen molar-refractivity contribution in [1.82, 2.24) is 0 Å². The maximum absolute atomic E-state index is 13.8. The van der Waals surface area contributed by atoms with E-state index in [1.165, 1.54) is 20.3 Å². The lowest BCUT2D eigenvalue weighted by molar-refractivity contribution is 0.263. The maximum Gasteiger partial charge on any atom is 0.197 e. The number of methoxy groups -OCH3 is 2. The smallest absolute Gasteiger partial charge is 0.197 e. The number of halogens is 1. The molecule has 15 heavy (non-hydrogen) atoms. The second-order valence-electron chi connectivity index (χ2n) is 2.99. The maximum atomic E-state index is 13.8. The Kier molecular flexibility index (Phi) is 3.88. The van der Waals surface area contributed by atoms with E-state index >= 15 is 0 Å². The molecule has 1 aromatic carbocycles. The van der Waals surface area contributed by atoms with Crippen LogP contribution in [0.1, 0.15) is 11.6 Å². The largest absolute Gasteiger partial charge is 0.493 e. The lowest BCUT2D eigenvalue weighted by Gasteiger charge is -2.14. The van der Waals surface area contributed by atoms with E-state index in [-0.39, 0.29) is 17.9 Å². The van der Waals surface area contributed by atoms with E-state index < -0.39 is 11.9 Å². The van der Waals surface area contributed by atoms with E-state index in [0.717, 1.165) is 0 Å². The lowest BCUT2D eigenvalue weighted by Crippen LogP contribution is -2.16. The minimum Gasteiger partial charge on any atom is -0.493 e. The van der Waals surface area contributed by atoms with Gasteiger partial charge in [-0.05, 0) is 6.07 Å². The zero-order valence-electron chi connectivity index (χ0n) is 8.66. The predicted octanol–water partition coefficient (Wildman–Crippen LogP) is 0.835. The molecular formula is C10H14FNO3. The summed E-state index contributed by atoms with van der Waals surface area (Å²) in [5.74, 6) is -0.304. The second kappa shape index (κ2) is 4.95. The fourth-order valence-electron chi connectivity index (χ4n) is 1.29. The van der Waals surface area contributed by atoms with Crippen molar-refractivity contribution in [2.24, 2.45) is 5.73 Å². The Hall–Kier alpha value is -1.33. The average molecular weight is 215 g/mol. The molecule has 0 aliphatic carbocycles. The van der Waals surface area contributed by atoms with Crippen molar-refractivity contribution in [3.05, 3.63) is 23.5 Å². The highest BCUT2D eigenvalue weighted by Gasteiger charge is 2.18. The topological polar surface area (TPSA) is 64.7 Å². The van der Waals surface area contributed by atoms with E-state index in [2.05, 4.69) is 0 Å². The van der Waals surface area contributed by atoms with Gasteiger partial charge in [-0.1, -0.05) is 6.07 Å². The molecule has 0 bridgehead atoms. The van der Waals surface area contributed by atoms with Gasteiger partial charge >= 0.3 is 0 Å². The van der Waals surface area contributed by atoms with E-state index in [0.29, 0.717) is 5.75 Å². The normalized spacial score (nSPS) is 12.3. The van der Waals surface area contributed by atoms with Gasteiger partial charge in [-0.3, -0.25) is 0 Å². The molecule has 3 N–H and O–H groups in total. The van der Waals surface area contributed by atoms with Crippen molar-refractivity contribution < 1.29 is 19.0 Å². The Morgan fingerprint density at radius 2 is 2.07 bits per heavy atom. The Morgan fingerprint density at radius 3 is 2.53 bits per heavy atom. The Labute approximate surface area is 87.4 Å². The molecule has 0 amide bonds. The summed E-state index contributed by atoms with van der Waals surface area (Å²) in [6.45, 7) is -0.327. The van der Waals surface area contributed by atoms with Crippen LogP contribution in [0.2, 0.25) is 0 Å². The van der Waals surface area contributed by atoms with Crippen LogP contribution in [0.5, 0.6) is 11.5 Å².